The summed E-state index contributed by atoms with van der Waals surface area (Å²) in [5.74, 6) is 0.893. The van der Waals surface area contributed by atoms with Crippen LogP contribution in [0.4, 0.5) is 0 Å². The van der Waals surface area contributed by atoms with Crippen molar-refractivity contribution in [1.29, 1.82) is 0 Å². The Morgan fingerprint density at radius 1 is 1.40 bits per heavy atom. The Kier molecular flexibility index (Phi) is 4.31. The van der Waals surface area contributed by atoms with Crippen molar-refractivity contribution in [2.45, 2.75) is 13.3 Å². The van der Waals surface area contributed by atoms with E-state index >= 15 is 0 Å². The number of ether oxygens (including phenoxy) is 1. The van der Waals surface area contributed by atoms with Gasteiger partial charge in [0.15, 0.2) is 5.78 Å². The summed E-state index contributed by atoms with van der Waals surface area (Å²) in [6.45, 7) is 2.45. The number of nitrogens with two attached hydrogens (primary N) is 1. The zero-order chi connectivity index (χ0) is 11.3. The van der Waals surface area contributed by atoms with Crippen LogP contribution in [0.2, 0.25) is 0 Å². The van der Waals surface area contributed by atoms with E-state index < -0.39 is 0 Å². The van der Waals surface area contributed by atoms with Crippen LogP contribution in [0.1, 0.15) is 23.7 Å². The Bertz CT molecular complexity index is 319. The molecule has 0 aliphatic rings. The molecule has 2 N–H and O–H groups in total. The molecule has 0 aliphatic heterocycles. The molecule has 3 nitrogen and oxygen atoms in total. The van der Waals surface area contributed by atoms with Gasteiger partial charge in [0.1, 0.15) is 5.75 Å². The van der Waals surface area contributed by atoms with Gasteiger partial charge in [0.05, 0.1) is 7.11 Å². The van der Waals surface area contributed by atoms with Gasteiger partial charge < -0.3 is 10.5 Å². The Morgan fingerprint density at radius 3 is 2.47 bits per heavy atom. The number of carbonyl (C=O) groups excluding carboxylic acids is 1. The maximum absolute atomic E-state index is 11.8. The molecule has 1 atom stereocenters. The summed E-state index contributed by atoms with van der Waals surface area (Å²) in [5, 5.41) is 0. The van der Waals surface area contributed by atoms with Crippen LogP contribution in [0.5, 0.6) is 5.75 Å². The van der Waals surface area contributed by atoms with E-state index in [4.69, 9.17) is 10.5 Å². The second kappa shape index (κ2) is 5.51. The molecule has 1 aromatic carbocycles. The molecule has 3 heteroatoms. The number of rotatable bonds is 5. The smallest absolute Gasteiger partial charge is 0.165 e. The zero-order valence-corrected chi connectivity index (χ0v) is 9.19. The number of benzene rings is 1. The molecule has 0 bridgehead atoms. The minimum absolute atomic E-state index is 0.0107. The largest absolute Gasteiger partial charge is 0.497 e. The van der Waals surface area contributed by atoms with Gasteiger partial charge in [-0.3, -0.25) is 4.79 Å². The Balaban J connectivity index is 2.73. The maximum atomic E-state index is 11.8. The standard InChI is InChI=1S/C12H17NO2/c1-9(7-8-13)12(14)10-3-5-11(15-2)6-4-10/h3-6,9H,7-8,13H2,1-2H3. The summed E-state index contributed by atoms with van der Waals surface area (Å²) < 4.78 is 5.03. The van der Waals surface area contributed by atoms with Crippen molar-refractivity contribution in [2.24, 2.45) is 11.7 Å². The van der Waals surface area contributed by atoms with Crippen molar-refractivity contribution in [1.82, 2.24) is 0 Å². The lowest BCUT2D eigenvalue weighted by Gasteiger charge is -2.09. The van der Waals surface area contributed by atoms with E-state index in [0.29, 0.717) is 6.54 Å². The molecule has 15 heavy (non-hydrogen) atoms. The molecule has 1 rings (SSSR count). The minimum Gasteiger partial charge on any atom is -0.497 e. The van der Waals surface area contributed by atoms with E-state index in [1.807, 2.05) is 6.92 Å². The van der Waals surface area contributed by atoms with E-state index in [2.05, 4.69) is 0 Å². The predicted octanol–water partition coefficient (Wildman–Crippen LogP) is 1.86. The third kappa shape index (κ3) is 3.06. The summed E-state index contributed by atoms with van der Waals surface area (Å²) in [7, 11) is 1.61. The predicted molar refractivity (Wildman–Crippen MR) is 60.2 cm³/mol. The Labute approximate surface area is 90.2 Å². The molecule has 0 saturated carbocycles. The van der Waals surface area contributed by atoms with Gasteiger partial charge in [0.2, 0.25) is 0 Å². The van der Waals surface area contributed by atoms with Gasteiger partial charge >= 0.3 is 0 Å². The number of carbonyl (C=O) groups is 1. The molecule has 1 unspecified atom stereocenters. The fourth-order valence-corrected chi connectivity index (χ4v) is 1.42. The van der Waals surface area contributed by atoms with Crippen LogP contribution < -0.4 is 10.5 Å². The van der Waals surface area contributed by atoms with Crippen molar-refractivity contribution in [3.8, 4) is 5.75 Å². The van der Waals surface area contributed by atoms with Crippen molar-refractivity contribution in [3.05, 3.63) is 29.8 Å². The molecular weight excluding hydrogens is 190 g/mol. The van der Waals surface area contributed by atoms with Crippen molar-refractivity contribution in [3.63, 3.8) is 0 Å². The van der Waals surface area contributed by atoms with E-state index in [-0.39, 0.29) is 11.7 Å². The first-order valence-electron chi connectivity index (χ1n) is 5.07. The highest BCUT2D eigenvalue weighted by Crippen LogP contribution is 2.15. The zero-order valence-electron chi connectivity index (χ0n) is 9.19. The summed E-state index contributed by atoms with van der Waals surface area (Å²) in [6.07, 6.45) is 0.727. The first-order chi connectivity index (χ1) is 7.19. The SMILES string of the molecule is COc1ccc(C(=O)C(C)CCN)cc1. The average Bonchev–Trinajstić information content (AvgIpc) is 2.28. The first-order valence-corrected chi connectivity index (χ1v) is 5.07. The number of hydrogen-bond donors (Lipinski definition) is 1. The molecule has 0 fully saturated rings. The monoisotopic (exact) mass is 207 g/mol. The average molecular weight is 207 g/mol. The second-order valence-electron chi connectivity index (χ2n) is 3.57. The van der Waals surface area contributed by atoms with Gasteiger partial charge in [0, 0.05) is 11.5 Å². The highest BCUT2D eigenvalue weighted by atomic mass is 16.5. The topological polar surface area (TPSA) is 52.3 Å². The van der Waals surface area contributed by atoms with Gasteiger partial charge in [-0.25, -0.2) is 0 Å². The number of hydrogen-bond acceptors (Lipinski definition) is 3. The van der Waals surface area contributed by atoms with Gasteiger partial charge in [-0.05, 0) is 37.2 Å². The summed E-state index contributed by atoms with van der Waals surface area (Å²) in [4.78, 5) is 11.8. The van der Waals surface area contributed by atoms with Crippen molar-refractivity contribution in [2.75, 3.05) is 13.7 Å². The third-order valence-electron chi connectivity index (χ3n) is 2.42. The fraction of sp³-hybridized carbons (Fsp3) is 0.417. The Morgan fingerprint density at radius 2 is 2.00 bits per heavy atom. The summed E-state index contributed by atoms with van der Waals surface area (Å²) >= 11 is 0. The fourth-order valence-electron chi connectivity index (χ4n) is 1.42. The second-order valence-corrected chi connectivity index (χ2v) is 3.57. The van der Waals surface area contributed by atoms with Gasteiger partial charge in [-0.15, -0.1) is 0 Å². The van der Waals surface area contributed by atoms with Crippen molar-refractivity contribution >= 4 is 5.78 Å². The van der Waals surface area contributed by atoms with Crippen LogP contribution in [0.15, 0.2) is 24.3 Å². The summed E-state index contributed by atoms with van der Waals surface area (Å²) in [6, 6.07) is 7.16. The molecule has 0 spiro atoms. The van der Waals surface area contributed by atoms with Crippen LogP contribution in [-0.2, 0) is 0 Å². The Hall–Kier alpha value is -1.35. The molecule has 0 saturated heterocycles. The molecule has 0 aliphatic carbocycles. The van der Waals surface area contributed by atoms with E-state index in [1.165, 1.54) is 0 Å². The summed E-state index contributed by atoms with van der Waals surface area (Å²) in [5.41, 5.74) is 6.14. The van der Waals surface area contributed by atoms with Crippen LogP contribution >= 0.6 is 0 Å². The molecule has 0 amide bonds. The van der Waals surface area contributed by atoms with Gasteiger partial charge in [0.25, 0.3) is 0 Å². The number of Topliss-reactive ketones (excluding diaryl/α,β-unsaturated/α-hetero) is 1. The quantitative estimate of drug-likeness (QED) is 0.750. The van der Waals surface area contributed by atoms with Crippen LogP contribution in [-0.4, -0.2) is 19.4 Å². The molecule has 0 heterocycles. The highest BCUT2D eigenvalue weighted by molar-refractivity contribution is 5.97. The molecule has 82 valence electrons. The molecule has 0 radical (unpaired) electrons. The van der Waals surface area contributed by atoms with E-state index in [1.54, 1.807) is 31.4 Å². The molecule has 0 aromatic heterocycles. The normalized spacial score (nSPS) is 12.2. The lowest BCUT2D eigenvalue weighted by Crippen LogP contribution is -2.15. The van der Waals surface area contributed by atoms with E-state index in [0.717, 1.165) is 17.7 Å². The number of ketones is 1. The maximum Gasteiger partial charge on any atom is 0.165 e. The van der Waals surface area contributed by atoms with Gasteiger partial charge in [-0.1, -0.05) is 6.92 Å². The van der Waals surface area contributed by atoms with Crippen LogP contribution in [0.25, 0.3) is 0 Å². The van der Waals surface area contributed by atoms with Crippen LogP contribution in [0, 0.1) is 5.92 Å². The molecular formula is C12H17NO2. The first kappa shape index (κ1) is 11.7. The molecule has 1 aromatic rings. The number of methoxy groups -OCH3 is 1. The lowest BCUT2D eigenvalue weighted by atomic mass is 9.96. The highest BCUT2D eigenvalue weighted by Gasteiger charge is 2.13. The minimum atomic E-state index is -0.0107. The van der Waals surface area contributed by atoms with E-state index in [9.17, 15) is 4.79 Å². The third-order valence-corrected chi connectivity index (χ3v) is 2.42. The lowest BCUT2D eigenvalue weighted by molar-refractivity contribution is 0.0925. The van der Waals surface area contributed by atoms with Gasteiger partial charge in [-0.2, -0.15) is 0 Å². The van der Waals surface area contributed by atoms with Crippen molar-refractivity contribution < 1.29 is 9.53 Å². The van der Waals surface area contributed by atoms with Crippen LogP contribution in [0.3, 0.4) is 0 Å².